The van der Waals surface area contributed by atoms with Crippen LogP contribution in [0.4, 0.5) is 0 Å². The number of aryl methyl sites for hydroxylation is 1. The zero-order valence-corrected chi connectivity index (χ0v) is 12.3. The first kappa shape index (κ1) is 15.1. The second-order valence-electron chi connectivity index (χ2n) is 5.86. The van der Waals surface area contributed by atoms with E-state index in [4.69, 9.17) is 0 Å². The minimum atomic E-state index is -0.588. The van der Waals surface area contributed by atoms with Gasteiger partial charge in [0, 0.05) is 30.9 Å². The van der Waals surface area contributed by atoms with E-state index in [0.717, 1.165) is 19.4 Å². The van der Waals surface area contributed by atoms with Gasteiger partial charge in [-0.2, -0.15) is 0 Å². The maximum atomic E-state index is 9.74. The zero-order chi connectivity index (χ0) is 13.8. The van der Waals surface area contributed by atoms with Crippen LogP contribution in [0.5, 0.6) is 0 Å². The number of aromatic nitrogens is 1. The highest BCUT2D eigenvalue weighted by Crippen LogP contribution is 2.12. The van der Waals surface area contributed by atoms with Crippen molar-refractivity contribution in [2.24, 2.45) is 0 Å². The van der Waals surface area contributed by atoms with Gasteiger partial charge in [-0.3, -0.25) is 4.98 Å². The molecule has 0 aliphatic carbocycles. The lowest BCUT2D eigenvalue weighted by atomic mass is 10.0. The van der Waals surface area contributed by atoms with Gasteiger partial charge in [0.1, 0.15) is 0 Å². The maximum absolute atomic E-state index is 9.74. The molecular formula is C15H26N2O. The molecule has 0 aliphatic heterocycles. The molecule has 0 radical (unpaired) electrons. The van der Waals surface area contributed by atoms with Crippen LogP contribution in [-0.2, 0) is 6.42 Å². The average Bonchev–Trinajstić information content (AvgIpc) is 2.28. The van der Waals surface area contributed by atoms with Crippen LogP contribution in [0.3, 0.4) is 0 Å². The summed E-state index contributed by atoms with van der Waals surface area (Å²) in [5.41, 5.74) is 1.83. The molecule has 0 unspecified atom stereocenters. The molecule has 3 nitrogen and oxygen atoms in total. The Kier molecular flexibility index (Phi) is 5.29. The molecule has 0 aliphatic rings. The van der Waals surface area contributed by atoms with Crippen LogP contribution in [0.2, 0.25) is 0 Å². The summed E-state index contributed by atoms with van der Waals surface area (Å²) in [4.78, 5) is 6.72. The summed E-state index contributed by atoms with van der Waals surface area (Å²) in [6.45, 7) is 8.92. The van der Waals surface area contributed by atoms with E-state index in [1.807, 2.05) is 26.1 Å². The SMILES string of the molecule is Cc1cccnc1C[C@H](C)N(C)CCC(C)(C)O. The van der Waals surface area contributed by atoms with E-state index in [9.17, 15) is 5.11 Å². The van der Waals surface area contributed by atoms with Crippen molar-refractivity contribution in [3.8, 4) is 0 Å². The van der Waals surface area contributed by atoms with Crippen LogP contribution in [0.1, 0.15) is 38.4 Å². The zero-order valence-electron chi connectivity index (χ0n) is 12.3. The van der Waals surface area contributed by atoms with Crippen LogP contribution in [0.15, 0.2) is 18.3 Å². The molecule has 0 amide bonds. The van der Waals surface area contributed by atoms with Gasteiger partial charge in [0.05, 0.1) is 5.60 Å². The molecule has 0 saturated carbocycles. The second-order valence-corrected chi connectivity index (χ2v) is 5.86. The Morgan fingerprint density at radius 2 is 2.11 bits per heavy atom. The molecular weight excluding hydrogens is 224 g/mol. The summed E-state index contributed by atoms with van der Waals surface area (Å²) in [5, 5.41) is 9.74. The van der Waals surface area contributed by atoms with E-state index in [-0.39, 0.29) is 0 Å². The highest BCUT2D eigenvalue weighted by Gasteiger charge is 2.17. The minimum Gasteiger partial charge on any atom is -0.390 e. The van der Waals surface area contributed by atoms with Crippen LogP contribution in [0, 0.1) is 6.92 Å². The smallest absolute Gasteiger partial charge is 0.0603 e. The van der Waals surface area contributed by atoms with Gasteiger partial charge < -0.3 is 10.0 Å². The Balaban J connectivity index is 2.50. The predicted molar refractivity (Wildman–Crippen MR) is 75.7 cm³/mol. The third-order valence-corrected chi connectivity index (χ3v) is 3.44. The van der Waals surface area contributed by atoms with Crippen LogP contribution in [-0.4, -0.2) is 40.2 Å². The van der Waals surface area contributed by atoms with Crippen LogP contribution < -0.4 is 0 Å². The number of nitrogens with zero attached hydrogens (tertiary/aromatic N) is 2. The van der Waals surface area contributed by atoms with Crippen molar-refractivity contribution in [3.05, 3.63) is 29.6 Å². The molecule has 0 aromatic carbocycles. The van der Waals surface area contributed by atoms with Crippen LogP contribution >= 0.6 is 0 Å². The minimum absolute atomic E-state index is 0.431. The Bertz CT molecular complexity index is 371. The number of aliphatic hydroxyl groups is 1. The molecule has 0 fully saturated rings. The molecule has 1 rings (SSSR count). The predicted octanol–water partition coefficient (Wildman–Crippen LogP) is 2.41. The van der Waals surface area contributed by atoms with Crippen molar-refractivity contribution in [2.75, 3.05) is 13.6 Å². The average molecular weight is 250 g/mol. The molecule has 1 N–H and O–H groups in total. The summed E-state index contributed by atoms with van der Waals surface area (Å²) >= 11 is 0. The van der Waals surface area contributed by atoms with Gasteiger partial charge >= 0.3 is 0 Å². The highest BCUT2D eigenvalue weighted by molar-refractivity contribution is 5.18. The normalized spacial score (nSPS) is 13.9. The van der Waals surface area contributed by atoms with Gasteiger partial charge in [-0.1, -0.05) is 6.07 Å². The lowest BCUT2D eigenvalue weighted by molar-refractivity contribution is 0.0565. The van der Waals surface area contributed by atoms with E-state index in [1.54, 1.807) is 0 Å². The van der Waals surface area contributed by atoms with Crippen LogP contribution in [0.25, 0.3) is 0 Å². The Hall–Kier alpha value is -0.930. The summed E-state index contributed by atoms with van der Waals surface area (Å²) in [6, 6.07) is 4.51. The fourth-order valence-electron chi connectivity index (χ4n) is 1.84. The third kappa shape index (κ3) is 5.15. The standard InChI is InChI=1S/C15H26N2O/c1-12-7-6-9-16-14(12)11-13(2)17(5)10-8-15(3,4)18/h6-7,9,13,18H,8,10-11H2,1-5H3/t13-/m0/s1. The maximum Gasteiger partial charge on any atom is 0.0603 e. The third-order valence-electron chi connectivity index (χ3n) is 3.44. The van der Waals surface area contributed by atoms with Crippen molar-refractivity contribution in [3.63, 3.8) is 0 Å². The quantitative estimate of drug-likeness (QED) is 0.842. The molecule has 18 heavy (non-hydrogen) atoms. The Morgan fingerprint density at radius 3 is 2.67 bits per heavy atom. The lowest BCUT2D eigenvalue weighted by Gasteiger charge is -2.27. The van der Waals surface area contributed by atoms with Gasteiger partial charge in [0.25, 0.3) is 0 Å². The number of hydrogen-bond acceptors (Lipinski definition) is 3. The largest absolute Gasteiger partial charge is 0.390 e. The van der Waals surface area contributed by atoms with Crippen molar-refractivity contribution >= 4 is 0 Å². The molecule has 0 bridgehead atoms. The van der Waals surface area contributed by atoms with Gasteiger partial charge in [0.2, 0.25) is 0 Å². The molecule has 102 valence electrons. The fraction of sp³-hybridized carbons (Fsp3) is 0.667. The van der Waals surface area contributed by atoms with Crippen molar-refractivity contribution < 1.29 is 5.11 Å². The molecule has 1 aromatic rings. The topological polar surface area (TPSA) is 36.4 Å². The summed E-state index contributed by atoms with van der Waals surface area (Å²) in [5.74, 6) is 0. The van der Waals surface area contributed by atoms with Crippen molar-refractivity contribution in [1.82, 2.24) is 9.88 Å². The van der Waals surface area contributed by atoms with Gasteiger partial charge in [-0.15, -0.1) is 0 Å². The Morgan fingerprint density at radius 1 is 1.44 bits per heavy atom. The van der Waals surface area contributed by atoms with Crippen molar-refractivity contribution in [1.29, 1.82) is 0 Å². The van der Waals surface area contributed by atoms with E-state index in [2.05, 4.69) is 36.8 Å². The highest BCUT2D eigenvalue weighted by atomic mass is 16.3. The number of hydrogen-bond donors (Lipinski definition) is 1. The first-order valence-corrected chi connectivity index (χ1v) is 6.63. The van der Waals surface area contributed by atoms with E-state index < -0.39 is 5.60 Å². The lowest BCUT2D eigenvalue weighted by Crippen LogP contribution is -2.35. The van der Waals surface area contributed by atoms with E-state index in [0.29, 0.717) is 6.04 Å². The Labute approximate surface area is 111 Å². The van der Waals surface area contributed by atoms with E-state index in [1.165, 1.54) is 11.3 Å². The molecule has 0 spiro atoms. The molecule has 1 atom stereocenters. The second kappa shape index (κ2) is 6.30. The first-order valence-electron chi connectivity index (χ1n) is 6.63. The molecule has 1 heterocycles. The van der Waals surface area contributed by atoms with Gasteiger partial charge in [-0.05, 0) is 52.8 Å². The van der Waals surface area contributed by atoms with Gasteiger partial charge in [-0.25, -0.2) is 0 Å². The summed E-state index contributed by atoms with van der Waals surface area (Å²) in [7, 11) is 2.11. The monoisotopic (exact) mass is 250 g/mol. The summed E-state index contributed by atoms with van der Waals surface area (Å²) < 4.78 is 0. The molecule has 0 saturated heterocycles. The number of likely N-dealkylation sites (N-methyl/N-ethyl adjacent to an activating group) is 1. The first-order chi connectivity index (χ1) is 8.29. The number of pyridine rings is 1. The van der Waals surface area contributed by atoms with E-state index >= 15 is 0 Å². The molecule has 3 heteroatoms. The van der Waals surface area contributed by atoms with Gasteiger partial charge in [0.15, 0.2) is 0 Å². The summed E-state index contributed by atoms with van der Waals surface area (Å²) in [6.07, 6.45) is 3.59. The van der Waals surface area contributed by atoms with Crippen molar-refractivity contribution in [2.45, 2.75) is 52.2 Å². The molecule has 1 aromatic heterocycles. The number of rotatable bonds is 6. The fourth-order valence-corrected chi connectivity index (χ4v) is 1.84.